The van der Waals surface area contributed by atoms with E-state index in [0.29, 0.717) is 6.54 Å². The van der Waals surface area contributed by atoms with E-state index in [2.05, 4.69) is 47.5 Å². The van der Waals surface area contributed by atoms with E-state index in [1.807, 2.05) is 25.2 Å². The first-order chi connectivity index (χ1) is 10.7. The summed E-state index contributed by atoms with van der Waals surface area (Å²) in [7, 11) is 1.88. The molecule has 2 aromatic rings. The second kappa shape index (κ2) is 6.51. The molecule has 2 atom stereocenters. The van der Waals surface area contributed by atoms with Crippen LogP contribution in [-0.4, -0.2) is 31.3 Å². The number of aliphatic hydroxyl groups excluding tert-OH is 1. The van der Waals surface area contributed by atoms with Crippen molar-refractivity contribution in [3.8, 4) is 0 Å². The molecule has 0 fully saturated rings. The van der Waals surface area contributed by atoms with Gasteiger partial charge in [-0.25, -0.2) is 0 Å². The molecule has 1 aliphatic heterocycles. The van der Waals surface area contributed by atoms with Crippen LogP contribution in [0.4, 0.5) is 5.69 Å². The number of nitrogens with one attached hydrogen (secondary N) is 1. The number of para-hydroxylation sites is 1. The SMILES string of the molecule is CNC[C@@H](O)[C@H](c1ccccc1)N1CCc2cccc(C)c21. The van der Waals surface area contributed by atoms with E-state index < -0.39 is 6.10 Å². The molecule has 0 spiro atoms. The van der Waals surface area contributed by atoms with Gasteiger partial charge in [0.05, 0.1) is 12.1 Å². The van der Waals surface area contributed by atoms with Crippen molar-refractivity contribution >= 4 is 5.69 Å². The summed E-state index contributed by atoms with van der Waals surface area (Å²) in [5.41, 5.74) is 5.14. The van der Waals surface area contributed by atoms with E-state index in [0.717, 1.165) is 13.0 Å². The van der Waals surface area contributed by atoms with Gasteiger partial charge >= 0.3 is 0 Å². The number of nitrogens with zero attached hydrogens (tertiary/aromatic N) is 1. The molecule has 22 heavy (non-hydrogen) atoms. The molecule has 0 saturated carbocycles. The van der Waals surface area contributed by atoms with Crippen molar-refractivity contribution in [3.05, 3.63) is 65.2 Å². The van der Waals surface area contributed by atoms with E-state index >= 15 is 0 Å². The lowest BCUT2D eigenvalue weighted by atomic mass is 9.98. The molecule has 0 aliphatic carbocycles. The van der Waals surface area contributed by atoms with Crippen molar-refractivity contribution < 1.29 is 5.11 Å². The van der Waals surface area contributed by atoms with Gasteiger partial charge < -0.3 is 15.3 Å². The first kappa shape index (κ1) is 15.1. The third-order valence-electron chi connectivity index (χ3n) is 4.49. The summed E-state index contributed by atoms with van der Waals surface area (Å²) >= 11 is 0. The number of benzene rings is 2. The number of rotatable bonds is 5. The quantitative estimate of drug-likeness (QED) is 0.890. The predicted molar refractivity (Wildman–Crippen MR) is 91.3 cm³/mol. The highest BCUT2D eigenvalue weighted by Gasteiger charge is 2.32. The van der Waals surface area contributed by atoms with E-state index in [1.165, 1.54) is 22.4 Å². The normalized spacial score (nSPS) is 16.4. The maximum absolute atomic E-state index is 10.7. The van der Waals surface area contributed by atoms with Crippen molar-refractivity contribution in [1.29, 1.82) is 0 Å². The van der Waals surface area contributed by atoms with Crippen LogP contribution >= 0.6 is 0 Å². The molecule has 116 valence electrons. The molecule has 3 rings (SSSR count). The van der Waals surface area contributed by atoms with Crippen LogP contribution in [0.3, 0.4) is 0 Å². The van der Waals surface area contributed by atoms with Gasteiger partial charge in [-0.3, -0.25) is 0 Å². The van der Waals surface area contributed by atoms with E-state index in [-0.39, 0.29) is 6.04 Å². The fourth-order valence-corrected chi connectivity index (χ4v) is 3.54. The molecular formula is C19H24N2O. The molecule has 1 heterocycles. The highest BCUT2D eigenvalue weighted by atomic mass is 16.3. The zero-order chi connectivity index (χ0) is 15.5. The van der Waals surface area contributed by atoms with Crippen LogP contribution in [0.5, 0.6) is 0 Å². The van der Waals surface area contributed by atoms with Crippen molar-refractivity contribution in [3.63, 3.8) is 0 Å². The third-order valence-corrected chi connectivity index (χ3v) is 4.49. The smallest absolute Gasteiger partial charge is 0.0909 e. The summed E-state index contributed by atoms with van der Waals surface area (Å²) in [6, 6.07) is 16.8. The highest BCUT2D eigenvalue weighted by molar-refractivity contribution is 5.64. The number of anilines is 1. The Morgan fingerprint density at radius 2 is 1.91 bits per heavy atom. The Morgan fingerprint density at radius 1 is 1.14 bits per heavy atom. The highest BCUT2D eigenvalue weighted by Crippen LogP contribution is 2.38. The maximum Gasteiger partial charge on any atom is 0.0909 e. The second-order valence-corrected chi connectivity index (χ2v) is 6.01. The zero-order valence-corrected chi connectivity index (χ0v) is 13.3. The fourth-order valence-electron chi connectivity index (χ4n) is 3.54. The summed E-state index contributed by atoms with van der Waals surface area (Å²) < 4.78 is 0. The minimum absolute atomic E-state index is 0.0176. The van der Waals surface area contributed by atoms with Crippen LogP contribution in [0.15, 0.2) is 48.5 Å². The molecule has 0 aromatic heterocycles. The Hall–Kier alpha value is -1.84. The molecule has 1 aliphatic rings. The minimum Gasteiger partial charge on any atom is -0.389 e. The van der Waals surface area contributed by atoms with E-state index in [4.69, 9.17) is 0 Å². The lowest BCUT2D eigenvalue weighted by Crippen LogP contribution is -2.40. The number of aliphatic hydroxyl groups is 1. The van der Waals surface area contributed by atoms with Crippen molar-refractivity contribution in [1.82, 2.24) is 5.32 Å². The maximum atomic E-state index is 10.7. The number of aryl methyl sites for hydroxylation is 1. The van der Waals surface area contributed by atoms with Crippen LogP contribution < -0.4 is 10.2 Å². The van der Waals surface area contributed by atoms with Gasteiger partial charge in [0.1, 0.15) is 0 Å². The van der Waals surface area contributed by atoms with Crippen LogP contribution in [0, 0.1) is 6.92 Å². The number of likely N-dealkylation sites (N-methyl/N-ethyl adjacent to an activating group) is 1. The largest absolute Gasteiger partial charge is 0.389 e. The zero-order valence-electron chi connectivity index (χ0n) is 13.3. The van der Waals surface area contributed by atoms with Gasteiger partial charge in [-0.2, -0.15) is 0 Å². The first-order valence-corrected chi connectivity index (χ1v) is 7.95. The average molecular weight is 296 g/mol. The number of hydrogen-bond donors (Lipinski definition) is 2. The van der Waals surface area contributed by atoms with Gasteiger partial charge in [0.25, 0.3) is 0 Å². The van der Waals surface area contributed by atoms with E-state index in [9.17, 15) is 5.11 Å². The summed E-state index contributed by atoms with van der Waals surface area (Å²) in [5, 5.41) is 13.8. The lowest BCUT2D eigenvalue weighted by Gasteiger charge is -2.35. The van der Waals surface area contributed by atoms with Crippen LogP contribution in [0.25, 0.3) is 0 Å². The molecule has 0 unspecified atom stereocenters. The minimum atomic E-state index is -0.446. The molecule has 0 amide bonds. The molecule has 0 saturated heterocycles. The monoisotopic (exact) mass is 296 g/mol. The Labute approximate surface area is 132 Å². The van der Waals surface area contributed by atoms with Gasteiger partial charge in [-0.15, -0.1) is 0 Å². The predicted octanol–water partition coefficient (Wildman–Crippen LogP) is 2.68. The van der Waals surface area contributed by atoms with Gasteiger partial charge in [0.2, 0.25) is 0 Å². The van der Waals surface area contributed by atoms with Crippen LogP contribution in [-0.2, 0) is 6.42 Å². The summed E-state index contributed by atoms with van der Waals surface area (Å²) in [5.74, 6) is 0. The molecule has 3 nitrogen and oxygen atoms in total. The molecule has 2 aromatic carbocycles. The summed E-state index contributed by atoms with van der Waals surface area (Å²) in [4.78, 5) is 2.38. The third kappa shape index (κ3) is 2.74. The topological polar surface area (TPSA) is 35.5 Å². The molecular weight excluding hydrogens is 272 g/mol. The molecule has 0 radical (unpaired) electrons. The van der Waals surface area contributed by atoms with Crippen LogP contribution in [0.2, 0.25) is 0 Å². The van der Waals surface area contributed by atoms with Gasteiger partial charge in [0, 0.05) is 18.8 Å². The average Bonchev–Trinajstić information content (AvgIpc) is 2.94. The van der Waals surface area contributed by atoms with Crippen molar-refractivity contribution in [2.75, 3.05) is 25.0 Å². The van der Waals surface area contributed by atoms with Crippen LogP contribution in [0.1, 0.15) is 22.7 Å². The van der Waals surface area contributed by atoms with Gasteiger partial charge in [-0.1, -0.05) is 48.5 Å². The second-order valence-electron chi connectivity index (χ2n) is 6.01. The Kier molecular flexibility index (Phi) is 4.46. The summed E-state index contributed by atoms with van der Waals surface area (Å²) in [6.07, 6.45) is 0.602. The molecule has 3 heteroatoms. The van der Waals surface area contributed by atoms with Gasteiger partial charge in [-0.05, 0) is 37.1 Å². The van der Waals surface area contributed by atoms with Gasteiger partial charge in [0.15, 0.2) is 0 Å². The standard InChI is InChI=1S/C19H24N2O/c1-14-7-6-10-16-11-12-21(18(14)16)19(17(22)13-20-2)15-8-4-3-5-9-15/h3-10,17,19-20,22H,11-13H2,1-2H3/t17-,19+/m1/s1. The Balaban J connectivity index is 2.02. The number of fused-ring (bicyclic) bond motifs is 1. The molecule has 2 N–H and O–H groups in total. The summed E-state index contributed by atoms with van der Waals surface area (Å²) in [6.45, 7) is 3.70. The first-order valence-electron chi connectivity index (χ1n) is 7.95. The Bertz CT molecular complexity index is 627. The Morgan fingerprint density at radius 3 is 2.64 bits per heavy atom. The number of hydrogen-bond acceptors (Lipinski definition) is 3. The lowest BCUT2D eigenvalue weighted by molar-refractivity contribution is 0.141. The fraction of sp³-hybridized carbons (Fsp3) is 0.368. The van der Waals surface area contributed by atoms with Crippen molar-refractivity contribution in [2.45, 2.75) is 25.5 Å². The van der Waals surface area contributed by atoms with E-state index in [1.54, 1.807) is 0 Å². The molecule has 0 bridgehead atoms. The van der Waals surface area contributed by atoms with Crippen molar-refractivity contribution in [2.24, 2.45) is 0 Å².